The zero-order valence-electron chi connectivity index (χ0n) is 16.2. The Morgan fingerprint density at radius 1 is 1.27 bits per heavy atom. The molecule has 3 heterocycles. The first-order chi connectivity index (χ1) is 14.5. The summed E-state index contributed by atoms with van der Waals surface area (Å²) in [7, 11) is 0. The van der Waals surface area contributed by atoms with Crippen LogP contribution in [0.5, 0.6) is 0 Å². The summed E-state index contributed by atoms with van der Waals surface area (Å²) in [5, 5.41) is 3.42. The topological polar surface area (TPSA) is 58.2 Å². The van der Waals surface area contributed by atoms with Gasteiger partial charge >= 0.3 is 5.97 Å². The molecule has 4 aromatic rings. The van der Waals surface area contributed by atoms with Crippen molar-refractivity contribution in [2.24, 2.45) is 0 Å². The molecule has 1 N–H and O–H groups in total. The third kappa shape index (κ3) is 3.53. The molecule has 5 rings (SSSR count). The number of thiazole rings is 1. The zero-order chi connectivity index (χ0) is 20.8. The fourth-order valence-corrected chi connectivity index (χ4v) is 5.47. The van der Waals surface area contributed by atoms with Crippen LogP contribution in [0.3, 0.4) is 0 Å². The molecule has 0 bridgehead atoms. The van der Waals surface area contributed by atoms with Gasteiger partial charge in [-0.15, -0.1) is 0 Å². The first-order valence-electron chi connectivity index (χ1n) is 9.78. The van der Waals surface area contributed by atoms with Gasteiger partial charge in [-0.1, -0.05) is 41.5 Å². The molecule has 5 nitrogen and oxygen atoms in total. The summed E-state index contributed by atoms with van der Waals surface area (Å²) in [5.74, 6) is -0.173. The maximum atomic E-state index is 11.8. The number of carbonyl (C=O) groups excluding carboxylic acids is 1. The Kier molecular flexibility index (Phi) is 5.09. The predicted octanol–water partition coefficient (Wildman–Crippen LogP) is 6.14. The van der Waals surface area contributed by atoms with Crippen LogP contribution in [0.25, 0.3) is 21.1 Å². The molecular weight excluding hydrogens is 441 g/mol. The van der Waals surface area contributed by atoms with E-state index in [1.807, 2.05) is 36.4 Å². The Hall–Kier alpha value is -2.28. The van der Waals surface area contributed by atoms with Crippen LogP contribution in [0.15, 0.2) is 36.4 Å². The summed E-state index contributed by atoms with van der Waals surface area (Å²) >= 11 is 14.0. The number of benzene rings is 2. The van der Waals surface area contributed by atoms with Crippen molar-refractivity contribution in [2.75, 3.05) is 18.1 Å². The van der Waals surface area contributed by atoms with Crippen LogP contribution < -0.4 is 4.90 Å². The lowest BCUT2D eigenvalue weighted by Crippen LogP contribution is -2.35. The Morgan fingerprint density at radius 2 is 2.07 bits per heavy atom. The SMILES string of the molecule is CCC(=O)OCC1CN(c2nc3ccc(Cl)cc3s2)Cc2[nH]c3ccc(Cl)cc3c21. The van der Waals surface area contributed by atoms with Crippen molar-refractivity contribution in [1.29, 1.82) is 0 Å². The van der Waals surface area contributed by atoms with Crippen molar-refractivity contribution >= 4 is 66.8 Å². The molecule has 0 amide bonds. The van der Waals surface area contributed by atoms with E-state index >= 15 is 0 Å². The average molecular weight is 460 g/mol. The van der Waals surface area contributed by atoms with E-state index in [9.17, 15) is 4.79 Å². The first kappa shape index (κ1) is 19.7. The second kappa shape index (κ2) is 7.76. The molecule has 0 saturated carbocycles. The number of halogens is 2. The number of esters is 1. The molecule has 1 unspecified atom stereocenters. The molecule has 2 aromatic carbocycles. The number of H-pyrrole nitrogens is 1. The standard InChI is InChI=1S/C22H19Cl2N3O2S/c1-2-20(28)29-11-12-9-27(22-26-17-6-4-14(24)8-19(17)30-22)10-18-21(12)15-7-13(23)3-5-16(15)25-18/h3-8,12,25H,2,9-11H2,1H3. The Balaban J connectivity index is 1.55. The van der Waals surface area contributed by atoms with E-state index in [0.29, 0.717) is 36.2 Å². The summed E-state index contributed by atoms with van der Waals surface area (Å²) in [6, 6.07) is 11.6. The molecule has 1 aliphatic heterocycles. The Labute approximate surface area is 187 Å². The Bertz CT molecular complexity index is 1270. The summed E-state index contributed by atoms with van der Waals surface area (Å²) in [6.07, 6.45) is 0.363. The van der Waals surface area contributed by atoms with E-state index in [0.717, 1.165) is 31.9 Å². The maximum Gasteiger partial charge on any atom is 0.305 e. The van der Waals surface area contributed by atoms with Gasteiger partial charge in [0.15, 0.2) is 5.13 Å². The highest BCUT2D eigenvalue weighted by Crippen LogP contribution is 2.40. The summed E-state index contributed by atoms with van der Waals surface area (Å²) in [4.78, 5) is 22.4. The Morgan fingerprint density at radius 3 is 2.90 bits per heavy atom. The predicted molar refractivity (Wildman–Crippen MR) is 123 cm³/mol. The molecule has 2 aromatic heterocycles. The van der Waals surface area contributed by atoms with Crippen molar-refractivity contribution in [3.05, 3.63) is 57.7 Å². The monoisotopic (exact) mass is 459 g/mol. The molecular formula is C22H19Cl2N3O2S. The number of aromatic nitrogens is 2. The summed E-state index contributed by atoms with van der Waals surface area (Å²) in [6.45, 7) is 3.54. The van der Waals surface area contributed by atoms with E-state index in [-0.39, 0.29) is 11.9 Å². The van der Waals surface area contributed by atoms with Gasteiger partial charge < -0.3 is 14.6 Å². The maximum absolute atomic E-state index is 11.8. The van der Waals surface area contributed by atoms with E-state index in [4.69, 9.17) is 32.9 Å². The lowest BCUT2D eigenvalue weighted by atomic mass is 9.92. The van der Waals surface area contributed by atoms with Gasteiger partial charge in [-0.2, -0.15) is 0 Å². The van der Waals surface area contributed by atoms with Gasteiger partial charge in [-0.05, 0) is 42.0 Å². The molecule has 8 heteroatoms. The van der Waals surface area contributed by atoms with E-state index in [2.05, 4.69) is 9.88 Å². The number of carbonyl (C=O) groups is 1. The number of nitrogens with zero attached hydrogens (tertiary/aromatic N) is 2. The average Bonchev–Trinajstić information content (AvgIpc) is 3.32. The van der Waals surface area contributed by atoms with Crippen molar-refractivity contribution in [3.63, 3.8) is 0 Å². The summed E-state index contributed by atoms with van der Waals surface area (Å²) in [5.41, 5.74) is 4.25. The van der Waals surface area contributed by atoms with Crippen molar-refractivity contribution in [2.45, 2.75) is 25.8 Å². The van der Waals surface area contributed by atoms with E-state index in [1.165, 1.54) is 5.56 Å². The van der Waals surface area contributed by atoms with Crippen LogP contribution in [0.4, 0.5) is 5.13 Å². The fraction of sp³-hybridized carbons (Fsp3) is 0.273. The van der Waals surface area contributed by atoms with Gasteiger partial charge in [0.2, 0.25) is 0 Å². The lowest BCUT2D eigenvalue weighted by molar-refractivity contribution is -0.143. The minimum Gasteiger partial charge on any atom is -0.465 e. The van der Waals surface area contributed by atoms with Crippen molar-refractivity contribution in [3.8, 4) is 0 Å². The van der Waals surface area contributed by atoms with E-state index < -0.39 is 0 Å². The van der Waals surface area contributed by atoms with Gasteiger partial charge in [-0.25, -0.2) is 4.98 Å². The van der Waals surface area contributed by atoms with Gasteiger partial charge in [0.05, 0.1) is 23.4 Å². The molecule has 0 aliphatic carbocycles. The van der Waals surface area contributed by atoms with Gasteiger partial charge in [-0.3, -0.25) is 4.79 Å². The molecule has 30 heavy (non-hydrogen) atoms. The second-order valence-corrected chi connectivity index (χ2v) is 9.31. The van der Waals surface area contributed by atoms with Crippen LogP contribution in [0.1, 0.15) is 30.5 Å². The minimum absolute atomic E-state index is 0.0204. The van der Waals surface area contributed by atoms with Gasteiger partial charge in [0, 0.05) is 45.5 Å². The normalized spacial score (nSPS) is 16.2. The lowest BCUT2D eigenvalue weighted by Gasteiger charge is -2.32. The smallest absolute Gasteiger partial charge is 0.305 e. The number of aromatic amines is 1. The second-order valence-electron chi connectivity index (χ2n) is 7.43. The highest BCUT2D eigenvalue weighted by atomic mass is 35.5. The molecule has 0 spiro atoms. The van der Waals surface area contributed by atoms with E-state index in [1.54, 1.807) is 18.3 Å². The summed E-state index contributed by atoms with van der Waals surface area (Å²) < 4.78 is 6.60. The van der Waals surface area contributed by atoms with Crippen molar-refractivity contribution < 1.29 is 9.53 Å². The molecule has 1 atom stereocenters. The number of hydrogen-bond donors (Lipinski definition) is 1. The van der Waals surface area contributed by atoms with Crippen LogP contribution in [-0.4, -0.2) is 29.1 Å². The quantitative estimate of drug-likeness (QED) is 0.372. The van der Waals surface area contributed by atoms with Crippen LogP contribution in [0.2, 0.25) is 10.0 Å². The van der Waals surface area contributed by atoms with Crippen molar-refractivity contribution in [1.82, 2.24) is 9.97 Å². The molecule has 0 radical (unpaired) electrons. The molecule has 0 saturated heterocycles. The zero-order valence-corrected chi connectivity index (χ0v) is 18.6. The van der Waals surface area contributed by atoms with Crippen LogP contribution in [0, 0.1) is 0 Å². The highest BCUT2D eigenvalue weighted by molar-refractivity contribution is 7.22. The minimum atomic E-state index is -0.193. The molecule has 154 valence electrons. The third-order valence-electron chi connectivity index (χ3n) is 5.42. The van der Waals surface area contributed by atoms with Crippen LogP contribution >= 0.6 is 34.5 Å². The number of hydrogen-bond acceptors (Lipinski definition) is 5. The number of fused-ring (bicyclic) bond motifs is 4. The third-order valence-corrected chi connectivity index (χ3v) is 6.97. The fourth-order valence-electron chi connectivity index (χ4n) is 4.04. The number of nitrogens with one attached hydrogen (secondary N) is 1. The highest BCUT2D eigenvalue weighted by Gasteiger charge is 2.31. The van der Waals surface area contributed by atoms with Gasteiger partial charge in [0.25, 0.3) is 0 Å². The number of ether oxygens (including phenoxy) is 1. The largest absolute Gasteiger partial charge is 0.465 e. The molecule has 1 aliphatic rings. The first-order valence-corrected chi connectivity index (χ1v) is 11.4. The van der Waals surface area contributed by atoms with Crippen LogP contribution in [-0.2, 0) is 16.1 Å². The number of anilines is 1. The number of rotatable bonds is 4. The molecule has 0 fully saturated rings. The van der Waals surface area contributed by atoms with Gasteiger partial charge in [0.1, 0.15) is 0 Å².